The summed E-state index contributed by atoms with van der Waals surface area (Å²) in [6.07, 6.45) is 2.69. The van der Waals surface area contributed by atoms with Gasteiger partial charge in [0.25, 0.3) is 0 Å². The lowest BCUT2D eigenvalue weighted by atomic mass is 9.91. The summed E-state index contributed by atoms with van der Waals surface area (Å²) in [6, 6.07) is 0. The number of ether oxygens (including phenoxy) is 1. The molecule has 0 rings (SSSR count). The van der Waals surface area contributed by atoms with Crippen LogP contribution in [0.15, 0.2) is 0 Å². The highest BCUT2D eigenvalue weighted by Crippen LogP contribution is 2.19. The molecule has 0 aliphatic rings. The highest BCUT2D eigenvalue weighted by molar-refractivity contribution is 5.50. The Morgan fingerprint density at radius 3 is 2.54 bits per heavy atom. The quantitative estimate of drug-likeness (QED) is 0.571. The first-order chi connectivity index (χ1) is 6.02. The van der Waals surface area contributed by atoms with Gasteiger partial charge in [-0.15, -0.1) is 0 Å². The van der Waals surface area contributed by atoms with E-state index in [1.54, 1.807) is 0 Å². The summed E-state index contributed by atoms with van der Waals surface area (Å²) in [4.78, 5) is 10.3. The van der Waals surface area contributed by atoms with Gasteiger partial charge >= 0.3 is 0 Å². The van der Waals surface area contributed by atoms with Crippen LogP contribution in [0.25, 0.3) is 0 Å². The standard InChI is InChI=1S/C11H22O2/c1-5-10(2)8-13-9-11(3,4)6-7-12/h7,10H,5-6,8-9H2,1-4H3. The van der Waals surface area contributed by atoms with Crippen molar-refractivity contribution < 1.29 is 9.53 Å². The Labute approximate surface area is 81.7 Å². The van der Waals surface area contributed by atoms with Gasteiger partial charge in [-0.05, 0) is 11.3 Å². The fourth-order valence-corrected chi connectivity index (χ4v) is 0.939. The van der Waals surface area contributed by atoms with Gasteiger partial charge in [0.05, 0.1) is 6.61 Å². The molecular formula is C11H22O2. The first-order valence-electron chi connectivity index (χ1n) is 5.03. The molecule has 2 heteroatoms. The summed E-state index contributed by atoms with van der Waals surface area (Å²) in [5, 5.41) is 0. The van der Waals surface area contributed by atoms with E-state index in [1.807, 2.05) is 0 Å². The molecule has 0 spiro atoms. The summed E-state index contributed by atoms with van der Waals surface area (Å²) in [7, 11) is 0. The van der Waals surface area contributed by atoms with Gasteiger partial charge in [0, 0.05) is 13.0 Å². The van der Waals surface area contributed by atoms with E-state index in [0.717, 1.165) is 19.3 Å². The van der Waals surface area contributed by atoms with Crippen LogP contribution in [0.1, 0.15) is 40.5 Å². The van der Waals surface area contributed by atoms with E-state index in [1.165, 1.54) is 0 Å². The van der Waals surface area contributed by atoms with Crippen molar-refractivity contribution in [3.05, 3.63) is 0 Å². The Bertz CT molecular complexity index is 141. The van der Waals surface area contributed by atoms with E-state index < -0.39 is 0 Å². The van der Waals surface area contributed by atoms with Crippen molar-refractivity contribution in [1.29, 1.82) is 0 Å². The molecule has 0 aromatic carbocycles. The molecule has 13 heavy (non-hydrogen) atoms. The fourth-order valence-electron chi connectivity index (χ4n) is 0.939. The van der Waals surface area contributed by atoms with Crippen LogP contribution in [-0.4, -0.2) is 19.5 Å². The van der Waals surface area contributed by atoms with E-state index >= 15 is 0 Å². The maximum atomic E-state index is 10.3. The van der Waals surface area contributed by atoms with Gasteiger partial charge in [-0.2, -0.15) is 0 Å². The second kappa shape index (κ2) is 6.14. The first-order valence-corrected chi connectivity index (χ1v) is 5.03. The van der Waals surface area contributed by atoms with Crippen molar-refractivity contribution in [2.75, 3.05) is 13.2 Å². The summed E-state index contributed by atoms with van der Waals surface area (Å²) < 4.78 is 5.54. The highest BCUT2D eigenvalue weighted by Gasteiger charge is 2.17. The Morgan fingerprint density at radius 2 is 2.08 bits per heavy atom. The van der Waals surface area contributed by atoms with E-state index in [0.29, 0.717) is 18.9 Å². The molecular weight excluding hydrogens is 164 g/mol. The zero-order valence-corrected chi connectivity index (χ0v) is 9.30. The average Bonchev–Trinajstić information content (AvgIpc) is 2.03. The predicted molar refractivity (Wildman–Crippen MR) is 54.7 cm³/mol. The fraction of sp³-hybridized carbons (Fsp3) is 0.909. The minimum Gasteiger partial charge on any atom is -0.381 e. The van der Waals surface area contributed by atoms with Gasteiger partial charge in [0.15, 0.2) is 0 Å². The van der Waals surface area contributed by atoms with Crippen LogP contribution >= 0.6 is 0 Å². The molecule has 0 bridgehead atoms. The topological polar surface area (TPSA) is 26.3 Å². The minimum absolute atomic E-state index is 0.00475. The third kappa shape index (κ3) is 6.76. The van der Waals surface area contributed by atoms with Gasteiger partial charge in [-0.1, -0.05) is 34.1 Å². The van der Waals surface area contributed by atoms with E-state index in [9.17, 15) is 4.79 Å². The SMILES string of the molecule is CCC(C)COCC(C)(C)CC=O. The van der Waals surface area contributed by atoms with Gasteiger partial charge < -0.3 is 9.53 Å². The number of aldehydes is 1. The van der Waals surface area contributed by atoms with Gasteiger partial charge in [0.2, 0.25) is 0 Å². The van der Waals surface area contributed by atoms with E-state index in [-0.39, 0.29) is 5.41 Å². The monoisotopic (exact) mass is 186 g/mol. The van der Waals surface area contributed by atoms with Gasteiger partial charge in [-0.3, -0.25) is 0 Å². The van der Waals surface area contributed by atoms with Crippen molar-refractivity contribution in [2.45, 2.75) is 40.5 Å². The summed E-state index contributed by atoms with van der Waals surface area (Å²) in [5.41, 5.74) is -0.00475. The van der Waals surface area contributed by atoms with Crippen molar-refractivity contribution in [1.82, 2.24) is 0 Å². The number of carbonyl (C=O) groups excluding carboxylic acids is 1. The Kier molecular flexibility index (Phi) is 5.97. The normalized spacial score (nSPS) is 14.2. The average molecular weight is 186 g/mol. The molecule has 0 heterocycles. The van der Waals surface area contributed by atoms with Crippen LogP contribution in [0.4, 0.5) is 0 Å². The summed E-state index contributed by atoms with van der Waals surface area (Å²) in [5.74, 6) is 0.618. The van der Waals surface area contributed by atoms with Crippen LogP contribution in [0.3, 0.4) is 0 Å². The Morgan fingerprint density at radius 1 is 1.46 bits per heavy atom. The Balaban J connectivity index is 3.56. The van der Waals surface area contributed by atoms with Crippen molar-refractivity contribution in [3.8, 4) is 0 Å². The molecule has 0 fully saturated rings. The number of hydrogen-bond donors (Lipinski definition) is 0. The molecule has 0 aliphatic heterocycles. The first kappa shape index (κ1) is 12.6. The third-order valence-electron chi connectivity index (χ3n) is 2.23. The zero-order chi connectivity index (χ0) is 10.3. The minimum atomic E-state index is -0.00475. The number of hydrogen-bond acceptors (Lipinski definition) is 2. The lowest BCUT2D eigenvalue weighted by Crippen LogP contribution is -2.21. The van der Waals surface area contributed by atoms with Gasteiger partial charge in [0.1, 0.15) is 6.29 Å². The van der Waals surface area contributed by atoms with E-state index in [2.05, 4.69) is 27.7 Å². The molecule has 0 aromatic rings. The van der Waals surface area contributed by atoms with Crippen molar-refractivity contribution in [3.63, 3.8) is 0 Å². The summed E-state index contributed by atoms with van der Waals surface area (Å²) >= 11 is 0. The van der Waals surface area contributed by atoms with Crippen LogP contribution in [0.5, 0.6) is 0 Å². The van der Waals surface area contributed by atoms with Crippen LogP contribution in [0.2, 0.25) is 0 Å². The Hall–Kier alpha value is -0.370. The maximum absolute atomic E-state index is 10.3. The van der Waals surface area contributed by atoms with Crippen molar-refractivity contribution in [2.24, 2.45) is 11.3 Å². The van der Waals surface area contributed by atoms with Crippen LogP contribution in [-0.2, 0) is 9.53 Å². The lowest BCUT2D eigenvalue weighted by Gasteiger charge is -2.22. The molecule has 78 valence electrons. The molecule has 0 aliphatic carbocycles. The molecule has 1 atom stereocenters. The molecule has 0 aromatic heterocycles. The molecule has 0 saturated heterocycles. The summed E-state index contributed by atoms with van der Waals surface area (Å²) in [6.45, 7) is 9.92. The molecule has 0 radical (unpaired) electrons. The van der Waals surface area contributed by atoms with Crippen LogP contribution in [0, 0.1) is 11.3 Å². The third-order valence-corrected chi connectivity index (χ3v) is 2.23. The van der Waals surface area contributed by atoms with E-state index in [4.69, 9.17) is 4.74 Å². The highest BCUT2D eigenvalue weighted by atomic mass is 16.5. The molecule has 0 saturated carbocycles. The molecule has 0 N–H and O–H groups in total. The molecule has 1 unspecified atom stereocenters. The largest absolute Gasteiger partial charge is 0.381 e. The second-order valence-electron chi connectivity index (χ2n) is 4.56. The zero-order valence-electron chi connectivity index (χ0n) is 9.30. The smallest absolute Gasteiger partial charge is 0.120 e. The molecule has 2 nitrogen and oxygen atoms in total. The predicted octanol–water partition coefficient (Wildman–Crippen LogP) is 2.66. The van der Waals surface area contributed by atoms with Gasteiger partial charge in [-0.25, -0.2) is 0 Å². The number of carbonyl (C=O) groups is 1. The van der Waals surface area contributed by atoms with Crippen molar-refractivity contribution >= 4 is 6.29 Å². The molecule has 0 amide bonds. The maximum Gasteiger partial charge on any atom is 0.120 e. The van der Waals surface area contributed by atoms with Crippen LogP contribution < -0.4 is 0 Å². The lowest BCUT2D eigenvalue weighted by molar-refractivity contribution is -0.110. The number of rotatable bonds is 7. The second-order valence-corrected chi connectivity index (χ2v) is 4.56.